The smallest absolute Gasteiger partial charge is 0.312 e. The molecule has 21 heavy (non-hydrogen) atoms. The van der Waals surface area contributed by atoms with Crippen molar-refractivity contribution in [1.29, 1.82) is 0 Å². The van der Waals surface area contributed by atoms with E-state index in [-0.39, 0.29) is 17.7 Å². The van der Waals surface area contributed by atoms with Gasteiger partial charge in [0.05, 0.1) is 16.3 Å². The van der Waals surface area contributed by atoms with Crippen LogP contribution in [0.5, 0.6) is 0 Å². The van der Waals surface area contributed by atoms with Gasteiger partial charge in [-0.3, -0.25) is 4.79 Å². The van der Waals surface area contributed by atoms with E-state index in [9.17, 15) is 9.18 Å². The average Bonchev–Trinajstić information content (AvgIpc) is 2.84. The van der Waals surface area contributed by atoms with Crippen LogP contribution < -0.4 is 0 Å². The van der Waals surface area contributed by atoms with Crippen LogP contribution in [0.3, 0.4) is 0 Å². The lowest BCUT2D eigenvalue weighted by molar-refractivity contribution is -0.151. The van der Waals surface area contributed by atoms with E-state index in [4.69, 9.17) is 4.74 Å². The Balaban J connectivity index is 2.57. The number of hydrogen-bond acceptors (Lipinski definition) is 3. The standard InChI is InChI=1S/C16H16BrFO2S/c1-16(2,15(19)20-3)14(12-7-8-13(17)21-12)10-5-4-6-11(18)9-10/h4-9,14H,1-3H3. The number of rotatable bonds is 4. The summed E-state index contributed by atoms with van der Waals surface area (Å²) in [6.45, 7) is 3.64. The Labute approximate surface area is 136 Å². The summed E-state index contributed by atoms with van der Waals surface area (Å²) >= 11 is 4.97. The SMILES string of the molecule is COC(=O)C(C)(C)C(c1cccc(F)c1)c1ccc(Br)s1. The molecule has 0 aliphatic rings. The van der Waals surface area contributed by atoms with Crippen LogP contribution in [-0.2, 0) is 9.53 Å². The number of hydrogen-bond donors (Lipinski definition) is 0. The number of ether oxygens (including phenoxy) is 1. The number of methoxy groups -OCH3 is 1. The Morgan fingerprint density at radius 1 is 1.33 bits per heavy atom. The molecular formula is C16H16BrFO2S. The lowest BCUT2D eigenvalue weighted by Crippen LogP contribution is -2.33. The van der Waals surface area contributed by atoms with E-state index in [2.05, 4.69) is 15.9 Å². The summed E-state index contributed by atoms with van der Waals surface area (Å²) in [5.74, 6) is -0.896. The topological polar surface area (TPSA) is 26.3 Å². The highest BCUT2D eigenvalue weighted by atomic mass is 79.9. The zero-order valence-corrected chi connectivity index (χ0v) is 14.4. The quantitative estimate of drug-likeness (QED) is 0.709. The van der Waals surface area contributed by atoms with E-state index in [0.717, 1.165) is 14.2 Å². The van der Waals surface area contributed by atoms with Crippen molar-refractivity contribution in [1.82, 2.24) is 0 Å². The minimum atomic E-state index is -0.799. The van der Waals surface area contributed by atoms with Crippen LogP contribution in [0.15, 0.2) is 40.2 Å². The van der Waals surface area contributed by atoms with E-state index in [0.29, 0.717) is 0 Å². The maximum absolute atomic E-state index is 13.6. The summed E-state index contributed by atoms with van der Waals surface area (Å²) < 4.78 is 19.5. The minimum absolute atomic E-state index is 0.267. The van der Waals surface area contributed by atoms with Crippen LogP contribution in [0.4, 0.5) is 4.39 Å². The zero-order valence-electron chi connectivity index (χ0n) is 12.0. The van der Waals surface area contributed by atoms with E-state index < -0.39 is 5.41 Å². The van der Waals surface area contributed by atoms with Crippen LogP contribution >= 0.6 is 27.3 Å². The van der Waals surface area contributed by atoms with Crippen LogP contribution in [0.25, 0.3) is 0 Å². The highest BCUT2D eigenvalue weighted by Crippen LogP contribution is 2.45. The summed E-state index contributed by atoms with van der Waals surface area (Å²) in [4.78, 5) is 13.2. The molecule has 1 atom stereocenters. The van der Waals surface area contributed by atoms with Gasteiger partial charge in [0, 0.05) is 10.8 Å². The van der Waals surface area contributed by atoms with E-state index in [1.54, 1.807) is 6.07 Å². The Bertz CT molecular complexity index is 651. The lowest BCUT2D eigenvalue weighted by Gasteiger charge is -2.31. The van der Waals surface area contributed by atoms with Crippen molar-refractivity contribution in [2.75, 3.05) is 7.11 Å². The Morgan fingerprint density at radius 2 is 2.05 bits per heavy atom. The third-order valence-corrected chi connectivity index (χ3v) is 5.18. The molecule has 0 fully saturated rings. The number of carbonyl (C=O) groups excluding carboxylic acids is 1. The molecule has 1 aromatic carbocycles. The first-order valence-electron chi connectivity index (χ1n) is 6.45. The number of thiophene rings is 1. The van der Waals surface area contributed by atoms with Gasteiger partial charge in [0.1, 0.15) is 5.82 Å². The van der Waals surface area contributed by atoms with Crippen LogP contribution in [0.2, 0.25) is 0 Å². The second kappa shape index (κ2) is 6.28. The number of esters is 1. The molecule has 0 spiro atoms. The highest BCUT2D eigenvalue weighted by Gasteiger charge is 2.40. The molecule has 0 N–H and O–H groups in total. The molecule has 0 aliphatic heterocycles. The van der Waals surface area contributed by atoms with Crippen molar-refractivity contribution in [2.24, 2.45) is 5.41 Å². The van der Waals surface area contributed by atoms with Gasteiger partial charge in [0.2, 0.25) is 0 Å². The molecule has 2 nitrogen and oxygen atoms in total. The van der Waals surface area contributed by atoms with Gasteiger partial charge in [-0.1, -0.05) is 12.1 Å². The van der Waals surface area contributed by atoms with Gasteiger partial charge in [-0.15, -0.1) is 11.3 Å². The third kappa shape index (κ3) is 3.35. The molecule has 112 valence electrons. The Kier molecular flexibility index (Phi) is 4.84. The molecule has 1 unspecified atom stereocenters. The average molecular weight is 371 g/mol. The molecule has 0 saturated heterocycles. The number of carbonyl (C=O) groups is 1. The lowest BCUT2D eigenvalue weighted by atomic mass is 9.74. The van der Waals surface area contributed by atoms with E-state index in [1.165, 1.54) is 30.6 Å². The second-order valence-electron chi connectivity index (χ2n) is 5.34. The first kappa shape index (κ1) is 16.2. The van der Waals surface area contributed by atoms with Gasteiger partial charge < -0.3 is 4.74 Å². The van der Waals surface area contributed by atoms with Crippen LogP contribution in [0, 0.1) is 11.2 Å². The van der Waals surface area contributed by atoms with Gasteiger partial charge in [-0.2, -0.15) is 0 Å². The molecule has 0 amide bonds. The normalized spacial score (nSPS) is 13.0. The van der Waals surface area contributed by atoms with Gasteiger partial charge in [-0.25, -0.2) is 4.39 Å². The largest absolute Gasteiger partial charge is 0.469 e. The molecule has 2 aromatic rings. The summed E-state index contributed by atoms with van der Waals surface area (Å²) in [5, 5.41) is 0. The summed E-state index contributed by atoms with van der Waals surface area (Å²) in [6, 6.07) is 10.3. The van der Waals surface area contributed by atoms with Gasteiger partial charge in [0.15, 0.2) is 0 Å². The van der Waals surface area contributed by atoms with E-state index >= 15 is 0 Å². The van der Waals surface area contributed by atoms with Crippen molar-refractivity contribution in [3.05, 3.63) is 56.4 Å². The minimum Gasteiger partial charge on any atom is -0.469 e. The number of halogens is 2. The third-order valence-electron chi connectivity index (χ3n) is 3.49. The van der Waals surface area contributed by atoms with Gasteiger partial charge in [0.25, 0.3) is 0 Å². The molecular weight excluding hydrogens is 355 g/mol. The molecule has 1 heterocycles. The predicted molar refractivity (Wildman–Crippen MR) is 86.1 cm³/mol. The molecule has 0 aliphatic carbocycles. The van der Waals surface area contributed by atoms with E-state index in [1.807, 2.05) is 32.0 Å². The van der Waals surface area contributed by atoms with Crippen LogP contribution in [-0.4, -0.2) is 13.1 Å². The van der Waals surface area contributed by atoms with Gasteiger partial charge in [-0.05, 0) is 59.6 Å². The highest BCUT2D eigenvalue weighted by molar-refractivity contribution is 9.11. The second-order valence-corrected chi connectivity index (χ2v) is 7.84. The molecule has 2 rings (SSSR count). The van der Waals surface area contributed by atoms with Gasteiger partial charge >= 0.3 is 5.97 Å². The van der Waals surface area contributed by atoms with Crippen LogP contribution in [0.1, 0.15) is 30.2 Å². The van der Waals surface area contributed by atoms with Crippen molar-refractivity contribution in [2.45, 2.75) is 19.8 Å². The first-order valence-corrected chi connectivity index (χ1v) is 8.06. The maximum atomic E-state index is 13.6. The first-order chi connectivity index (χ1) is 9.86. The zero-order chi connectivity index (χ0) is 15.6. The summed E-state index contributed by atoms with van der Waals surface area (Å²) in [7, 11) is 1.37. The molecule has 0 bridgehead atoms. The fourth-order valence-electron chi connectivity index (χ4n) is 2.49. The Hall–Kier alpha value is -1.20. The number of benzene rings is 1. The van der Waals surface area contributed by atoms with Crippen molar-refractivity contribution < 1.29 is 13.9 Å². The fraction of sp³-hybridized carbons (Fsp3) is 0.312. The van der Waals surface area contributed by atoms with Crippen molar-refractivity contribution in [3.63, 3.8) is 0 Å². The summed E-state index contributed by atoms with van der Waals surface area (Å²) in [6.07, 6.45) is 0. The Morgan fingerprint density at radius 3 is 2.57 bits per heavy atom. The molecule has 1 aromatic heterocycles. The molecule has 0 radical (unpaired) electrons. The molecule has 0 saturated carbocycles. The summed E-state index contributed by atoms with van der Waals surface area (Å²) in [5.41, 5.74) is -0.0351. The molecule has 5 heteroatoms. The predicted octanol–water partition coefficient (Wildman–Crippen LogP) is 4.98. The van der Waals surface area contributed by atoms with Crippen molar-refractivity contribution in [3.8, 4) is 0 Å². The maximum Gasteiger partial charge on any atom is 0.312 e. The monoisotopic (exact) mass is 370 g/mol. The fourth-order valence-corrected chi connectivity index (χ4v) is 4.23. The van der Waals surface area contributed by atoms with Crippen molar-refractivity contribution >= 4 is 33.2 Å².